The number of unbranched alkanes of at least 4 members (excludes halogenated alkanes) is 1. The van der Waals surface area contributed by atoms with E-state index in [1.165, 1.54) is 0 Å². The molecular formula is C13H17F4NO. The molecule has 0 aromatic heterocycles. The van der Waals surface area contributed by atoms with Crippen LogP contribution in [-0.4, -0.2) is 11.2 Å². The Morgan fingerprint density at radius 3 is 2.42 bits per heavy atom. The zero-order chi connectivity index (χ0) is 14.6. The van der Waals surface area contributed by atoms with Crippen molar-refractivity contribution in [1.82, 2.24) is 0 Å². The van der Waals surface area contributed by atoms with Crippen LogP contribution in [0.1, 0.15) is 43.4 Å². The zero-order valence-corrected chi connectivity index (χ0v) is 10.5. The Labute approximate surface area is 109 Å². The predicted molar refractivity (Wildman–Crippen MR) is 63.9 cm³/mol. The van der Waals surface area contributed by atoms with Gasteiger partial charge in [-0.3, -0.25) is 0 Å². The molecule has 1 aromatic rings. The molecular weight excluding hydrogens is 262 g/mol. The molecule has 2 atom stereocenters. The lowest BCUT2D eigenvalue weighted by molar-refractivity contribution is -0.140. The summed E-state index contributed by atoms with van der Waals surface area (Å²) in [6.07, 6.45) is -3.58. The van der Waals surface area contributed by atoms with E-state index in [2.05, 4.69) is 0 Å². The van der Waals surface area contributed by atoms with E-state index in [1.807, 2.05) is 6.92 Å². The van der Waals surface area contributed by atoms with Gasteiger partial charge in [0.25, 0.3) is 0 Å². The third-order valence-corrected chi connectivity index (χ3v) is 2.95. The van der Waals surface area contributed by atoms with Crippen molar-refractivity contribution in [3.63, 3.8) is 0 Å². The highest BCUT2D eigenvalue weighted by molar-refractivity contribution is 5.28. The monoisotopic (exact) mass is 279 g/mol. The van der Waals surface area contributed by atoms with E-state index in [0.29, 0.717) is 12.5 Å². The van der Waals surface area contributed by atoms with Gasteiger partial charge < -0.3 is 10.8 Å². The van der Waals surface area contributed by atoms with Crippen molar-refractivity contribution in [3.8, 4) is 0 Å². The van der Waals surface area contributed by atoms with Crippen molar-refractivity contribution < 1.29 is 22.7 Å². The second kappa shape index (κ2) is 6.34. The zero-order valence-electron chi connectivity index (χ0n) is 10.5. The van der Waals surface area contributed by atoms with Crippen LogP contribution in [0.4, 0.5) is 17.6 Å². The number of aliphatic hydroxyl groups is 1. The van der Waals surface area contributed by atoms with Crippen LogP contribution in [0.5, 0.6) is 0 Å². The van der Waals surface area contributed by atoms with Gasteiger partial charge >= 0.3 is 6.18 Å². The van der Waals surface area contributed by atoms with E-state index in [4.69, 9.17) is 5.73 Å². The Morgan fingerprint density at radius 1 is 1.32 bits per heavy atom. The van der Waals surface area contributed by atoms with E-state index in [9.17, 15) is 22.7 Å². The molecule has 108 valence electrons. The molecule has 1 aromatic carbocycles. The molecule has 2 nitrogen and oxygen atoms in total. The lowest BCUT2D eigenvalue weighted by Gasteiger charge is -2.20. The maximum Gasteiger partial charge on any atom is 0.419 e. The van der Waals surface area contributed by atoms with Gasteiger partial charge in [0.2, 0.25) is 0 Å². The summed E-state index contributed by atoms with van der Waals surface area (Å²) in [5.74, 6) is -1.37. The van der Waals surface area contributed by atoms with Crippen molar-refractivity contribution in [2.24, 2.45) is 5.73 Å². The normalized spacial score (nSPS) is 15.3. The standard InChI is InChI=1S/C13H17F4NO/c1-2-3-4-11(19)12(18)8-5-6-9(10(14)7-8)13(15,16)17/h5-7,11-12,19H,2-4,18H2,1H3/t11-,12+/m0/s1. The van der Waals surface area contributed by atoms with Gasteiger partial charge in [-0.05, 0) is 24.1 Å². The van der Waals surface area contributed by atoms with Crippen molar-refractivity contribution in [2.75, 3.05) is 0 Å². The van der Waals surface area contributed by atoms with Crippen LogP contribution >= 0.6 is 0 Å². The molecule has 0 bridgehead atoms. The highest BCUT2D eigenvalue weighted by atomic mass is 19.4. The summed E-state index contributed by atoms with van der Waals surface area (Å²) in [6, 6.07) is 1.61. The molecule has 0 fully saturated rings. The second-order valence-corrected chi connectivity index (χ2v) is 4.47. The van der Waals surface area contributed by atoms with E-state index in [-0.39, 0.29) is 5.56 Å². The maximum atomic E-state index is 13.4. The van der Waals surface area contributed by atoms with Gasteiger partial charge in [-0.15, -0.1) is 0 Å². The molecule has 0 aliphatic rings. The van der Waals surface area contributed by atoms with Crippen LogP contribution in [0.3, 0.4) is 0 Å². The van der Waals surface area contributed by atoms with Crippen LogP contribution in [0, 0.1) is 5.82 Å². The number of aliphatic hydroxyl groups excluding tert-OH is 1. The summed E-state index contributed by atoms with van der Waals surface area (Å²) >= 11 is 0. The first kappa shape index (κ1) is 15.9. The maximum absolute atomic E-state index is 13.4. The van der Waals surface area contributed by atoms with Crippen molar-refractivity contribution >= 4 is 0 Å². The number of hydrogen-bond donors (Lipinski definition) is 2. The van der Waals surface area contributed by atoms with Crippen molar-refractivity contribution in [2.45, 2.75) is 44.5 Å². The summed E-state index contributed by atoms with van der Waals surface area (Å²) in [5, 5.41) is 9.75. The Morgan fingerprint density at radius 2 is 1.95 bits per heavy atom. The molecule has 0 saturated carbocycles. The number of alkyl halides is 3. The van der Waals surface area contributed by atoms with Crippen LogP contribution in [0.2, 0.25) is 0 Å². The topological polar surface area (TPSA) is 46.2 Å². The average Bonchev–Trinajstić information content (AvgIpc) is 2.33. The number of benzene rings is 1. The molecule has 1 rings (SSSR count). The molecule has 0 saturated heterocycles. The smallest absolute Gasteiger partial charge is 0.391 e. The van der Waals surface area contributed by atoms with Gasteiger partial charge in [0.05, 0.1) is 17.7 Å². The first-order chi connectivity index (χ1) is 8.77. The molecule has 19 heavy (non-hydrogen) atoms. The third-order valence-electron chi connectivity index (χ3n) is 2.95. The summed E-state index contributed by atoms with van der Waals surface area (Å²) in [4.78, 5) is 0. The fourth-order valence-electron chi connectivity index (χ4n) is 1.78. The molecule has 0 spiro atoms. The first-order valence-corrected chi connectivity index (χ1v) is 6.07. The molecule has 6 heteroatoms. The summed E-state index contributed by atoms with van der Waals surface area (Å²) in [5.41, 5.74) is 4.54. The van der Waals surface area contributed by atoms with Crippen LogP contribution in [0.15, 0.2) is 18.2 Å². The Balaban J connectivity index is 2.88. The minimum Gasteiger partial charge on any atom is -0.391 e. The Kier molecular flexibility index (Phi) is 5.31. The third kappa shape index (κ3) is 4.18. The van der Waals surface area contributed by atoms with Gasteiger partial charge in [-0.2, -0.15) is 13.2 Å². The number of halogens is 4. The summed E-state index contributed by atoms with van der Waals surface area (Å²) < 4.78 is 50.5. The molecule has 3 N–H and O–H groups in total. The van der Waals surface area contributed by atoms with Gasteiger partial charge in [-0.25, -0.2) is 4.39 Å². The quantitative estimate of drug-likeness (QED) is 0.811. The summed E-state index contributed by atoms with van der Waals surface area (Å²) in [7, 11) is 0. The molecule has 0 aliphatic carbocycles. The largest absolute Gasteiger partial charge is 0.419 e. The van der Waals surface area contributed by atoms with Gasteiger partial charge in [-0.1, -0.05) is 25.8 Å². The SMILES string of the molecule is CCCC[C@H](O)[C@H](N)c1ccc(C(F)(F)F)c(F)c1. The van der Waals surface area contributed by atoms with Gasteiger partial charge in [0.1, 0.15) is 5.82 Å². The number of rotatable bonds is 5. The first-order valence-electron chi connectivity index (χ1n) is 6.07. The minimum atomic E-state index is -4.73. The molecule has 0 aliphatic heterocycles. The highest BCUT2D eigenvalue weighted by Gasteiger charge is 2.34. The van der Waals surface area contributed by atoms with Gasteiger partial charge in [0.15, 0.2) is 0 Å². The minimum absolute atomic E-state index is 0.161. The molecule has 0 radical (unpaired) electrons. The van der Waals surface area contributed by atoms with E-state index in [0.717, 1.165) is 25.0 Å². The lowest BCUT2D eigenvalue weighted by atomic mass is 9.97. The second-order valence-electron chi connectivity index (χ2n) is 4.47. The van der Waals surface area contributed by atoms with Crippen molar-refractivity contribution in [1.29, 1.82) is 0 Å². The number of hydrogen-bond acceptors (Lipinski definition) is 2. The van der Waals surface area contributed by atoms with Crippen LogP contribution in [-0.2, 0) is 6.18 Å². The lowest BCUT2D eigenvalue weighted by Crippen LogP contribution is -2.26. The van der Waals surface area contributed by atoms with Gasteiger partial charge in [0, 0.05) is 0 Å². The number of nitrogens with two attached hydrogens (primary N) is 1. The van der Waals surface area contributed by atoms with E-state index >= 15 is 0 Å². The van der Waals surface area contributed by atoms with E-state index < -0.39 is 29.7 Å². The van der Waals surface area contributed by atoms with Crippen LogP contribution < -0.4 is 5.73 Å². The predicted octanol–water partition coefficient (Wildman–Crippen LogP) is 3.40. The fraction of sp³-hybridized carbons (Fsp3) is 0.538. The molecule has 0 unspecified atom stereocenters. The Bertz CT molecular complexity index is 420. The average molecular weight is 279 g/mol. The van der Waals surface area contributed by atoms with Crippen LogP contribution in [0.25, 0.3) is 0 Å². The Hall–Kier alpha value is -1.14. The fourth-order valence-corrected chi connectivity index (χ4v) is 1.78. The molecule has 0 amide bonds. The summed E-state index contributed by atoms with van der Waals surface area (Å²) in [6.45, 7) is 1.94. The highest BCUT2D eigenvalue weighted by Crippen LogP contribution is 2.32. The van der Waals surface area contributed by atoms with Crippen molar-refractivity contribution in [3.05, 3.63) is 35.1 Å². The molecule has 0 heterocycles. The van der Waals surface area contributed by atoms with E-state index in [1.54, 1.807) is 0 Å².